The summed E-state index contributed by atoms with van der Waals surface area (Å²) in [5, 5.41) is 0. The number of carbonyl (C=O) groups excluding carboxylic acids is 1. The lowest BCUT2D eigenvalue weighted by molar-refractivity contribution is -0.139. The third-order valence-corrected chi connectivity index (χ3v) is 5.08. The number of ether oxygens (including phenoxy) is 9. The molecule has 0 amide bonds. The number of hydrogen-bond acceptors (Lipinski definition) is 11. The van der Waals surface area contributed by atoms with Gasteiger partial charge in [0.2, 0.25) is 0 Å². The summed E-state index contributed by atoms with van der Waals surface area (Å²) >= 11 is 0. The molecule has 0 aliphatic carbocycles. The molecule has 0 saturated heterocycles. The van der Waals surface area contributed by atoms with Crippen molar-refractivity contribution in [3.63, 3.8) is 0 Å². The maximum absolute atomic E-state index is 10.8. The standard InChI is InChI=1S/C24H48O11Si/c1-5-24(25)34-22-20-32-18-16-30-14-12-28-10-8-26-6-7-27-9-11-29-13-15-31-17-19-33-21-23-35-36(2,3)4/h5H,1,6-23H2,2-4H3. The first kappa shape index (κ1) is 35.1. The van der Waals surface area contributed by atoms with E-state index in [0.717, 1.165) is 6.08 Å². The molecule has 0 aliphatic rings. The van der Waals surface area contributed by atoms with Gasteiger partial charge in [-0.3, -0.25) is 0 Å². The van der Waals surface area contributed by atoms with Crippen molar-refractivity contribution in [2.75, 3.05) is 119 Å². The second-order valence-corrected chi connectivity index (χ2v) is 12.7. The van der Waals surface area contributed by atoms with Crippen molar-refractivity contribution in [3.05, 3.63) is 12.7 Å². The summed E-state index contributed by atoms with van der Waals surface area (Å²) in [4.78, 5) is 10.8. The van der Waals surface area contributed by atoms with E-state index in [2.05, 4.69) is 26.2 Å². The van der Waals surface area contributed by atoms with Crippen LogP contribution in [-0.2, 0) is 51.9 Å². The van der Waals surface area contributed by atoms with E-state index in [0.29, 0.717) is 112 Å². The molecule has 0 N–H and O–H groups in total. The van der Waals surface area contributed by atoms with Crippen LogP contribution in [0, 0.1) is 0 Å². The van der Waals surface area contributed by atoms with Crippen LogP contribution >= 0.6 is 0 Å². The SMILES string of the molecule is C=CC(=O)OCCOCCOCCOCCOCCOCCOCCOCCOCCO[Si](C)(C)C. The molecule has 0 fully saturated rings. The summed E-state index contributed by atoms with van der Waals surface area (Å²) in [6, 6.07) is 0. The molecule has 0 aliphatic heterocycles. The Morgan fingerprint density at radius 3 is 1.00 bits per heavy atom. The Hall–Kier alpha value is -0.933. The van der Waals surface area contributed by atoms with E-state index < -0.39 is 14.3 Å². The summed E-state index contributed by atoms with van der Waals surface area (Å²) in [5.41, 5.74) is 0. The van der Waals surface area contributed by atoms with Crippen molar-refractivity contribution < 1.29 is 51.9 Å². The van der Waals surface area contributed by atoms with E-state index in [4.69, 9.17) is 47.1 Å². The largest absolute Gasteiger partial charge is 0.460 e. The molecule has 0 unspecified atom stereocenters. The van der Waals surface area contributed by atoms with Crippen LogP contribution in [0.15, 0.2) is 12.7 Å². The van der Waals surface area contributed by atoms with Crippen molar-refractivity contribution in [3.8, 4) is 0 Å². The van der Waals surface area contributed by atoms with Crippen molar-refractivity contribution in [1.82, 2.24) is 0 Å². The number of carbonyl (C=O) groups is 1. The van der Waals surface area contributed by atoms with E-state index in [1.54, 1.807) is 0 Å². The van der Waals surface area contributed by atoms with Crippen LogP contribution in [0.25, 0.3) is 0 Å². The molecule has 214 valence electrons. The van der Waals surface area contributed by atoms with Gasteiger partial charge in [0.05, 0.1) is 112 Å². The molecule has 0 spiro atoms. The van der Waals surface area contributed by atoms with Crippen LogP contribution in [0.4, 0.5) is 0 Å². The van der Waals surface area contributed by atoms with Gasteiger partial charge in [-0.1, -0.05) is 6.58 Å². The molecule has 12 heteroatoms. The molecule has 0 aromatic heterocycles. The maximum atomic E-state index is 10.8. The Balaban J connectivity index is 3.06. The molecule has 0 heterocycles. The second-order valence-electron chi connectivity index (χ2n) is 8.23. The number of esters is 1. The normalized spacial score (nSPS) is 11.6. The minimum atomic E-state index is -1.45. The molecule has 0 saturated carbocycles. The van der Waals surface area contributed by atoms with Gasteiger partial charge in [-0.2, -0.15) is 0 Å². The van der Waals surface area contributed by atoms with Gasteiger partial charge in [-0.05, 0) is 19.6 Å². The van der Waals surface area contributed by atoms with E-state index in [1.807, 2.05) is 0 Å². The van der Waals surface area contributed by atoms with E-state index in [-0.39, 0.29) is 6.61 Å². The molecular formula is C24H48O11Si. The van der Waals surface area contributed by atoms with Gasteiger partial charge in [0.15, 0.2) is 8.32 Å². The van der Waals surface area contributed by atoms with E-state index in [9.17, 15) is 4.79 Å². The summed E-state index contributed by atoms with van der Waals surface area (Å²) in [6.07, 6.45) is 1.12. The fourth-order valence-electron chi connectivity index (χ4n) is 2.31. The van der Waals surface area contributed by atoms with Gasteiger partial charge in [0.25, 0.3) is 0 Å². The van der Waals surface area contributed by atoms with Gasteiger partial charge in [-0.15, -0.1) is 0 Å². The second kappa shape index (κ2) is 27.1. The molecular weight excluding hydrogens is 492 g/mol. The Kier molecular flexibility index (Phi) is 26.4. The van der Waals surface area contributed by atoms with Crippen LogP contribution in [0.1, 0.15) is 0 Å². The van der Waals surface area contributed by atoms with Crippen LogP contribution in [-0.4, -0.2) is 133 Å². The lowest BCUT2D eigenvalue weighted by atomic mass is 10.6. The first-order valence-corrected chi connectivity index (χ1v) is 15.9. The molecule has 0 radical (unpaired) electrons. The zero-order valence-corrected chi connectivity index (χ0v) is 23.5. The Bertz CT molecular complexity index is 489. The number of rotatable bonds is 29. The Morgan fingerprint density at radius 1 is 0.500 bits per heavy atom. The van der Waals surface area contributed by atoms with Crippen LogP contribution in [0.2, 0.25) is 19.6 Å². The van der Waals surface area contributed by atoms with Crippen molar-refractivity contribution in [2.45, 2.75) is 19.6 Å². The lowest BCUT2D eigenvalue weighted by Gasteiger charge is -2.16. The van der Waals surface area contributed by atoms with Gasteiger partial charge >= 0.3 is 5.97 Å². The van der Waals surface area contributed by atoms with Crippen molar-refractivity contribution in [2.24, 2.45) is 0 Å². The van der Waals surface area contributed by atoms with Crippen LogP contribution < -0.4 is 0 Å². The van der Waals surface area contributed by atoms with Crippen LogP contribution in [0.5, 0.6) is 0 Å². The first-order valence-electron chi connectivity index (χ1n) is 12.5. The minimum absolute atomic E-state index is 0.204. The molecule has 36 heavy (non-hydrogen) atoms. The van der Waals surface area contributed by atoms with Gasteiger partial charge < -0.3 is 47.1 Å². The van der Waals surface area contributed by atoms with Crippen LogP contribution in [0.3, 0.4) is 0 Å². The van der Waals surface area contributed by atoms with Gasteiger partial charge in [0, 0.05) is 6.08 Å². The zero-order valence-electron chi connectivity index (χ0n) is 22.5. The molecule has 0 atom stereocenters. The summed E-state index contributed by atoms with van der Waals surface area (Å²) in [5.74, 6) is -0.455. The fraction of sp³-hybridized carbons (Fsp3) is 0.875. The predicted octanol–water partition coefficient (Wildman–Crippen LogP) is 1.70. The molecule has 0 bridgehead atoms. The highest BCUT2D eigenvalue weighted by molar-refractivity contribution is 6.69. The fourth-order valence-corrected chi connectivity index (χ4v) is 3.00. The molecule has 0 aromatic carbocycles. The van der Waals surface area contributed by atoms with Gasteiger partial charge in [-0.25, -0.2) is 4.79 Å². The zero-order chi connectivity index (χ0) is 26.6. The lowest BCUT2D eigenvalue weighted by Crippen LogP contribution is -2.27. The molecule has 11 nitrogen and oxygen atoms in total. The van der Waals surface area contributed by atoms with E-state index >= 15 is 0 Å². The van der Waals surface area contributed by atoms with Crippen molar-refractivity contribution in [1.29, 1.82) is 0 Å². The Morgan fingerprint density at radius 2 is 0.750 bits per heavy atom. The third-order valence-electron chi connectivity index (χ3n) is 4.01. The Labute approximate surface area is 217 Å². The smallest absolute Gasteiger partial charge is 0.330 e. The summed E-state index contributed by atoms with van der Waals surface area (Å²) in [6.45, 7) is 18.6. The summed E-state index contributed by atoms with van der Waals surface area (Å²) in [7, 11) is -1.45. The predicted molar refractivity (Wildman–Crippen MR) is 137 cm³/mol. The first-order chi connectivity index (χ1) is 17.5. The molecule has 0 rings (SSSR count). The highest BCUT2D eigenvalue weighted by Gasteiger charge is 2.13. The van der Waals surface area contributed by atoms with E-state index in [1.165, 1.54) is 0 Å². The highest BCUT2D eigenvalue weighted by atomic mass is 28.4. The van der Waals surface area contributed by atoms with Crippen molar-refractivity contribution >= 4 is 14.3 Å². The molecule has 0 aromatic rings. The monoisotopic (exact) mass is 540 g/mol. The topological polar surface area (TPSA) is 109 Å². The quantitative estimate of drug-likeness (QED) is 0.0598. The number of hydrogen-bond donors (Lipinski definition) is 0. The van der Waals surface area contributed by atoms with Gasteiger partial charge in [0.1, 0.15) is 6.61 Å². The highest BCUT2D eigenvalue weighted by Crippen LogP contribution is 2.01. The average molecular weight is 541 g/mol. The summed E-state index contributed by atoms with van der Waals surface area (Å²) < 4.78 is 53.7. The average Bonchev–Trinajstić information content (AvgIpc) is 2.84. The third kappa shape index (κ3) is 31.1. The minimum Gasteiger partial charge on any atom is -0.460 e. The maximum Gasteiger partial charge on any atom is 0.330 e.